The zero-order valence-electron chi connectivity index (χ0n) is 10.7. The van der Waals surface area contributed by atoms with Crippen LogP contribution in [0.1, 0.15) is 25.7 Å². The lowest BCUT2D eigenvalue weighted by molar-refractivity contribution is -0.142. The first kappa shape index (κ1) is 13.1. The van der Waals surface area contributed by atoms with E-state index in [4.69, 9.17) is 5.11 Å². The molecular formula is C12H21N3O3. The van der Waals surface area contributed by atoms with Crippen molar-refractivity contribution in [1.29, 1.82) is 0 Å². The van der Waals surface area contributed by atoms with Crippen LogP contribution in [0.2, 0.25) is 0 Å². The molecule has 1 aliphatic carbocycles. The van der Waals surface area contributed by atoms with Gasteiger partial charge in [0.2, 0.25) is 0 Å². The normalized spacial score (nSPS) is 32.4. The van der Waals surface area contributed by atoms with Gasteiger partial charge in [-0.25, -0.2) is 4.79 Å². The summed E-state index contributed by atoms with van der Waals surface area (Å²) in [5.74, 6) is -1.24. The third-order valence-electron chi connectivity index (χ3n) is 3.88. The molecule has 6 heteroatoms. The molecule has 6 nitrogen and oxygen atoms in total. The maximum atomic E-state index is 11.8. The molecule has 2 aliphatic rings. The number of likely N-dealkylation sites (tertiary alicyclic amines) is 1. The molecule has 1 heterocycles. The fourth-order valence-electron chi connectivity index (χ4n) is 2.88. The Morgan fingerprint density at radius 3 is 2.61 bits per heavy atom. The van der Waals surface area contributed by atoms with Gasteiger partial charge in [0.1, 0.15) is 0 Å². The molecule has 0 bridgehead atoms. The standard InChI is InChI=1S/C12H21N3O3/c1-15-6-5-8(7-15)13-12(18)14-10-4-2-3-9(10)11(16)17/h8-10H,2-7H2,1H3,(H,16,17)(H2,13,14,18). The van der Waals surface area contributed by atoms with E-state index >= 15 is 0 Å². The molecule has 1 saturated heterocycles. The molecule has 0 aromatic rings. The average Bonchev–Trinajstić information content (AvgIpc) is 2.87. The van der Waals surface area contributed by atoms with E-state index in [0.29, 0.717) is 6.42 Å². The van der Waals surface area contributed by atoms with Crippen molar-refractivity contribution in [3.8, 4) is 0 Å². The van der Waals surface area contributed by atoms with Gasteiger partial charge in [0.05, 0.1) is 5.92 Å². The second-order valence-corrected chi connectivity index (χ2v) is 5.35. The predicted molar refractivity (Wildman–Crippen MR) is 66.3 cm³/mol. The van der Waals surface area contributed by atoms with Crippen LogP contribution in [0.25, 0.3) is 0 Å². The smallest absolute Gasteiger partial charge is 0.315 e. The highest BCUT2D eigenvalue weighted by Crippen LogP contribution is 2.25. The first-order valence-electron chi connectivity index (χ1n) is 6.54. The van der Waals surface area contributed by atoms with Gasteiger partial charge in [0.15, 0.2) is 0 Å². The van der Waals surface area contributed by atoms with Gasteiger partial charge in [-0.05, 0) is 32.9 Å². The van der Waals surface area contributed by atoms with Crippen molar-refractivity contribution in [3.63, 3.8) is 0 Å². The molecule has 0 radical (unpaired) electrons. The number of urea groups is 1. The van der Waals surface area contributed by atoms with Crippen LogP contribution in [0.4, 0.5) is 4.79 Å². The number of aliphatic carboxylic acids is 1. The molecule has 3 atom stereocenters. The molecule has 2 rings (SSSR count). The number of hydrogen-bond acceptors (Lipinski definition) is 3. The topological polar surface area (TPSA) is 81.7 Å². The van der Waals surface area contributed by atoms with E-state index in [1.54, 1.807) is 0 Å². The van der Waals surface area contributed by atoms with Gasteiger partial charge in [0.25, 0.3) is 0 Å². The molecule has 3 unspecified atom stereocenters. The number of carboxylic acids is 1. The lowest BCUT2D eigenvalue weighted by Gasteiger charge is -2.20. The zero-order valence-corrected chi connectivity index (χ0v) is 10.7. The summed E-state index contributed by atoms with van der Waals surface area (Å²) in [5.41, 5.74) is 0. The van der Waals surface area contributed by atoms with Crippen LogP contribution in [0.3, 0.4) is 0 Å². The minimum absolute atomic E-state index is 0.180. The molecular weight excluding hydrogens is 234 g/mol. The summed E-state index contributed by atoms with van der Waals surface area (Å²) in [6.45, 7) is 1.85. The fourth-order valence-corrected chi connectivity index (χ4v) is 2.88. The number of hydrogen-bond donors (Lipinski definition) is 3. The van der Waals surface area contributed by atoms with E-state index < -0.39 is 11.9 Å². The lowest BCUT2D eigenvalue weighted by Crippen LogP contribution is -2.49. The van der Waals surface area contributed by atoms with Gasteiger partial charge >= 0.3 is 12.0 Å². The summed E-state index contributed by atoms with van der Waals surface area (Å²) in [5, 5.41) is 14.8. The molecule has 0 aromatic carbocycles. The highest BCUT2D eigenvalue weighted by molar-refractivity contribution is 5.77. The first-order chi connectivity index (χ1) is 8.56. The molecule has 102 valence electrons. The largest absolute Gasteiger partial charge is 0.481 e. The van der Waals surface area contributed by atoms with E-state index in [0.717, 1.165) is 32.4 Å². The van der Waals surface area contributed by atoms with Crippen molar-refractivity contribution in [2.24, 2.45) is 5.92 Å². The van der Waals surface area contributed by atoms with Gasteiger partial charge in [0, 0.05) is 18.6 Å². The fraction of sp³-hybridized carbons (Fsp3) is 0.833. The number of nitrogens with zero attached hydrogens (tertiary/aromatic N) is 1. The molecule has 1 aliphatic heterocycles. The number of carbonyl (C=O) groups excluding carboxylic acids is 1. The van der Waals surface area contributed by atoms with Crippen LogP contribution in [-0.2, 0) is 4.79 Å². The molecule has 18 heavy (non-hydrogen) atoms. The quantitative estimate of drug-likeness (QED) is 0.675. The summed E-state index contributed by atoms with van der Waals surface area (Å²) < 4.78 is 0. The van der Waals surface area contributed by atoms with Crippen LogP contribution in [0, 0.1) is 5.92 Å². The second kappa shape index (κ2) is 5.56. The Kier molecular flexibility index (Phi) is 4.06. The van der Waals surface area contributed by atoms with E-state index in [-0.39, 0.29) is 18.1 Å². The monoisotopic (exact) mass is 255 g/mol. The number of carbonyl (C=O) groups is 2. The molecule has 1 saturated carbocycles. The summed E-state index contributed by atoms with van der Waals surface area (Å²) >= 11 is 0. The first-order valence-corrected chi connectivity index (χ1v) is 6.54. The van der Waals surface area contributed by atoms with E-state index in [1.807, 2.05) is 7.05 Å². The van der Waals surface area contributed by atoms with Crippen molar-refractivity contribution < 1.29 is 14.7 Å². The van der Waals surface area contributed by atoms with Crippen LogP contribution in [0.15, 0.2) is 0 Å². The summed E-state index contributed by atoms with van der Waals surface area (Å²) in [6.07, 6.45) is 3.24. The Labute approximate surface area is 107 Å². The summed E-state index contributed by atoms with van der Waals surface area (Å²) in [6, 6.07) is -0.269. The number of rotatable bonds is 3. The maximum absolute atomic E-state index is 11.8. The molecule has 0 spiro atoms. The van der Waals surface area contributed by atoms with E-state index in [9.17, 15) is 9.59 Å². The minimum Gasteiger partial charge on any atom is -0.481 e. The van der Waals surface area contributed by atoms with E-state index in [2.05, 4.69) is 15.5 Å². The Hall–Kier alpha value is -1.30. The molecule has 0 aromatic heterocycles. The van der Waals surface area contributed by atoms with Crippen molar-refractivity contribution >= 4 is 12.0 Å². The van der Waals surface area contributed by atoms with Gasteiger partial charge < -0.3 is 20.6 Å². The Morgan fingerprint density at radius 1 is 1.22 bits per heavy atom. The van der Waals surface area contributed by atoms with Gasteiger partial charge in [-0.2, -0.15) is 0 Å². The van der Waals surface area contributed by atoms with E-state index in [1.165, 1.54) is 0 Å². The Balaban J connectivity index is 1.78. The second-order valence-electron chi connectivity index (χ2n) is 5.35. The lowest BCUT2D eigenvalue weighted by atomic mass is 10.0. The summed E-state index contributed by atoms with van der Waals surface area (Å²) in [4.78, 5) is 25.0. The van der Waals surface area contributed by atoms with Crippen molar-refractivity contribution in [2.75, 3.05) is 20.1 Å². The SMILES string of the molecule is CN1CCC(NC(=O)NC2CCCC2C(=O)O)C1. The number of amides is 2. The van der Waals surface area contributed by atoms with Crippen molar-refractivity contribution in [3.05, 3.63) is 0 Å². The van der Waals surface area contributed by atoms with Gasteiger partial charge in [-0.3, -0.25) is 4.79 Å². The Bertz CT molecular complexity index is 335. The maximum Gasteiger partial charge on any atom is 0.315 e. The number of nitrogens with one attached hydrogen (secondary N) is 2. The molecule has 2 fully saturated rings. The average molecular weight is 255 g/mol. The van der Waals surface area contributed by atoms with Crippen LogP contribution >= 0.6 is 0 Å². The number of likely N-dealkylation sites (N-methyl/N-ethyl adjacent to an activating group) is 1. The van der Waals surface area contributed by atoms with Crippen LogP contribution < -0.4 is 10.6 Å². The predicted octanol–water partition coefficient (Wildman–Crippen LogP) is 0.243. The van der Waals surface area contributed by atoms with Gasteiger partial charge in [-0.15, -0.1) is 0 Å². The number of carboxylic acid groups (broad SMARTS) is 1. The van der Waals surface area contributed by atoms with Crippen molar-refractivity contribution in [2.45, 2.75) is 37.8 Å². The third kappa shape index (κ3) is 3.13. The summed E-state index contributed by atoms with van der Waals surface area (Å²) in [7, 11) is 2.02. The third-order valence-corrected chi connectivity index (χ3v) is 3.88. The van der Waals surface area contributed by atoms with Crippen molar-refractivity contribution in [1.82, 2.24) is 15.5 Å². The molecule has 2 amide bonds. The Morgan fingerprint density at radius 2 is 2.00 bits per heavy atom. The van der Waals surface area contributed by atoms with Crippen LogP contribution in [0.5, 0.6) is 0 Å². The van der Waals surface area contributed by atoms with Gasteiger partial charge in [-0.1, -0.05) is 6.42 Å². The molecule has 3 N–H and O–H groups in total. The highest BCUT2D eigenvalue weighted by Gasteiger charge is 2.34. The zero-order chi connectivity index (χ0) is 13.1. The van der Waals surface area contributed by atoms with Crippen LogP contribution in [-0.4, -0.2) is 54.2 Å². The minimum atomic E-state index is -0.807. The highest BCUT2D eigenvalue weighted by atomic mass is 16.4.